The molecule has 12 heavy (non-hydrogen) atoms. The van der Waals surface area contributed by atoms with Gasteiger partial charge in [-0.1, -0.05) is 12.2 Å². The largest absolute Gasteiger partial charge is 0.264 e. The maximum absolute atomic E-state index is 10.8. The van der Waals surface area contributed by atoms with E-state index in [0.29, 0.717) is 11.8 Å². The molecule has 3 aliphatic rings. The monoisotopic (exact) mass is 188 g/mol. The standard InChI is InChI=1S/C8H12O3S/c1-12(9,10)11-8-3-2-6-4-7(8)5-6/h2-3,6-8H,4-5H2,1H3. The summed E-state index contributed by atoms with van der Waals surface area (Å²) in [5.41, 5.74) is 0. The molecule has 0 radical (unpaired) electrons. The minimum atomic E-state index is -3.28. The van der Waals surface area contributed by atoms with E-state index in [2.05, 4.69) is 6.08 Å². The summed E-state index contributed by atoms with van der Waals surface area (Å²) in [6.07, 6.45) is 7.04. The van der Waals surface area contributed by atoms with Gasteiger partial charge in [0.25, 0.3) is 10.1 Å². The van der Waals surface area contributed by atoms with E-state index in [4.69, 9.17) is 4.18 Å². The SMILES string of the molecule is CS(=O)(=O)OC1C=CC2CC1C2. The van der Waals surface area contributed by atoms with E-state index in [1.54, 1.807) is 0 Å². The van der Waals surface area contributed by atoms with E-state index in [0.717, 1.165) is 19.1 Å². The van der Waals surface area contributed by atoms with Crippen LogP contribution in [0.15, 0.2) is 12.2 Å². The zero-order valence-corrected chi connectivity index (χ0v) is 7.75. The molecule has 1 unspecified atom stereocenters. The number of hydrogen-bond donors (Lipinski definition) is 0. The molecule has 0 saturated heterocycles. The lowest BCUT2D eigenvalue weighted by Crippen LogP contribution is -2.38. The minimum Gasteiger partial charge on any atom is -0.262 e. The fraction of sp³-hybridized carbons (Fsp3) is 0.750. The summed E-state index contributed by atoms with van der Waals surface area (Å²) in [7, 11) is -3.28. The van der Waals surface area contributed by atoms with Crippen molar-refractivity contribution in [3.05, 3.63) is 12.2 Å². The highest BCUT2D eigenvalue weighted by Gasteiger charge is 2.38. The summed E-state index contributed by atoms with van der Waals surface area (Å²) in [5, 5.41) is 0. The first-order chi connectivity index (χ1) is 5.54. The zero-order valence-electron chi connectivity index (χ0n) is 6.93. The van der Waals surface area contributed by atoms with Gasteiger partial charge in [-0.3, -0.25) is 4.18 Å². The van der Waals surface area contributed by atoms with Gasteiger partial charge in [0.15, 0.2) is 0 Å². The van der Waals surface area contributed by atoms with Gasteiger partial charge in [0.1, 0.15) is 0 Å². The van der Waals surface area contributed by atoms with Crippen LogP contribution in [0.2, 0.25) is 0 Å². The smallest absolute Gasteiger partial charge is 0.262 e. The maximum Gasteiger partial charge on any atom is 0.264 e. The van der Waals surface area contributed by atoms with Crippen LogP contribution in [-0.2, 0) is 14.3 Å². The number of rotatable bonds is 2. The molecule has 1 saturated carbocycles. The normalized spacial score (nSPS) is 39.2. The summed E-state index contributed by atoms with van der Waals surface area (Å²) < 4.78 is 26.5. The van der Waals surface area contributed by atoms with Crippen molar-refractivity contribution in [3.8, 4) is 0 Å². The molecule has 4 heteroatoms. The van der Waals surface area contributed by atoms with Gasteiger partial charge >= 0.3 is 0 Å². The van der Waals surface area contributed by atoms with Crippen LogP contribution >= 0.6 is 0 Å². The topological polar surface area (TPSA) is 43.4 Å². The van der Waals surface area contributed by atoms with Crippen molar-refractivity contribution < 1.29 is 12.6 Å². The molecule has 0 spiro atoms. The molecular formula is C8H12O3S. The van der Waals surface area contributed by atoms with Crippen LogP contribution in [0.25, 0.3) is 0 Å². The second-order valence-corrected chi connectivity index (χ2v) is 5.24. The van der Waals surface area contributed by atoms with E-state index in [-0.39, 0.29) is 6.10 Å². The fourth-order valence-electron chi connectivity index (χ4n) is 1.87. The highest BCUT2D eigenvalue weighted by Crippen LogP contribution is 2.42. The third kappa shape index (κ3) is 1.54. The lowest BCUT2D eigenvalue weighted by Gasteiger charge is -2.41. The Kier molecular flexibility index (Phi) is 1.77. The first-order valence-corrected chi connectivity index (χ1v) is 5.93. The van der Waals surface area contributed by atoms with E-state index in [9.17, 15) is 8.42 Å². The minimum absolute atomic E-state index is 0.190. The molecule has 1 atom stereocenters. The fourth-order valence-corrected chi connectivity index (χ4v) is 2.50. The molecule has 0 amide bonds. The van der Waals surface area contributed by atoms with Crippen molar-refractivity contribution in [2.24, 2.45) is 11.8 Å². The first kappa shape index (κ1) is 8.26. The van der Waals surface area contributed by atoms with Crippen LogP contribution in [0.1, 0.15) is 12.8 Å². The van der Waals surface area contributed by atoms with Gasteiger partial charge in [0, 0.05) is 0 Å². The highest BCUT2D eigenvalue weighted by atomic mass is 32.2. The maximum atomic E-state index is 10.8. The lowest BCUT2D eigenvalue weighted by molar-refractivity contribution is 0.0828. The van der Waals surface area contributed by atoms with Gasteiger partial charge in [0.05, 0.1) is 12.4 Å². The van der Waals surface area contributed by atoms with Gasteiger partial charge in [-0.2, -0.15) is 8.42 Å². The highest BCUT2D eigenvalue weighted by molar-refractivity contribution is 7.86. The summed E-state index contributed by atoms with van der Waals surface area (Å²) in [5.74, 6) is 1.13. The van der Waals surface area contributed by atoms with Crippen LogP contribution in [-0.4, -0.2) is 20.8 Å². The van der Waals surface area contributed by atoms with Gasteiger partial charge in [0.2, 0.25) is 0 Å². The predicted molar refractivity (Wildman–Crippen MR) is 45.1 cm³/mol. The van der Waals surface area contributed by atoms with Crippen molar-refractivity contribution in [1.29, 1.82) is 0 Å². The van der Waals surface area contributed by atoms with Crippen LogP contribution in [0, 0.1) is 11.8 Å². The Labute approximate surface area is 72.5 Å². The van der Waals surface area contributed by atoms with Crippen molar-refractivity contribution in [2.45, 2.75) is 18.9 Å². The van der Waals surface area contributed by atoms with Crippen LogP contribution in [0.4, 0.5) is 0 Å². The van der Waals surface area contributed by atoms with Crippen LogP contribution < -0.4 is 0 Å². The Bertz CT molecular complexity index is 298. The van der Waals surface area contributed by atoms with Gasteiger partial charge in [-0.05, 0) is 24.7 Å². The van der Waals surface area contributed by atoms with Gasteiger partial charge in [-0.25, -0.2) is 0 Å². The molecule has 0 N–H and O–H groups in total. The number of hydrogen-bond acceptors (Lipinski definition) is 3. The molecule has 0 heterocycles. The molecular weight excluding hydrogens is 176 g/mol. The van der Waals surface area contributed by atoms with Crippen LogP contribution in [0.3, 0.4) is 0 Å². The zero-order chi connectivity index (χ0) is 8.77. The third-order valence-electron chi connectivity index (χ3n) is 2.53. The molecule has 1 fully saturated rings. The van der Waals surface area contributed by atoms with Crippen LogP contribution in [0.5, 0.6) is 0 Å². The lowest BCUT2D eigenvalue weighted by atomic mass is 9.68. The predicted octanol–water partition coefficient (Wildman–Crippen LogP) is 0.927. The summed E-state index contributed by atoms with van der Waals surface area (Å²) >= 11 is 0. The Balaban J connectivity index is 2.06. The van der Waals surface area contributed by atoms with E-state index >= 15 is 0 Å². The Morgan fingerprint density at radius 1 is 1.33 bits per heavy atom. The number of fused-ring (bicyclic) bond motifs is 1. The number of allylic oxidation sites excluding steroid dienone is 1. The summed E-state index contributed by atoms with van der Waals surface area (Å²) in [4.78, 5) is 0. The average molecular weight is 188 g/mol. The summed E-state index contributed by atoms with van der Waals surface area (Å²) in [6.45, 7) is 0. The van der Waals surface area contributed by atoms with Crippen molar-refractivity contribution in [3.63, 3.8) is 0 Å². The molecule has 3 aliphatic carbocycles. The second-order valence-electron chi connectivity index (χ2n) is 3.64. The third-order valence-corrected chi connectivity index (χ3v) is 3.11. The van der Waals surface area contributed by atoms with Gasteiger partial charge < -0.3 is 0 Å². The molecule has 2 bridgehead atoms. The Hall–Kier alpha value is -0.350. The Morgan fingerprint density at radius 3 is 2.42 bits per heavy atom. The quantitative estimate of drug-likeness (QED) is 0.478. The molecule has 3 rings (SSSR count). The molecule has 0 aromatic carbocycles. The van der Waals surface area contributed by atoms with Crippen molar-refractivity contribution in [2.75, 3.05) is 6.26 Å². The molecule has 0 aromatic heterocycles. The average Bonchev–Trinajstić information content (AvgIpc) is 1.80. The molecule has 0 aliphatic heterocycles. The second kappa shape index (κ2) is 2.57. The van der Waals surface area contributed by atoms with E-state index in [1.807, 2.05) is 6.08 Å². The molecule has 3 nitrogen and oxygen atoms in total. The van der Waals surface area contributed by atoms with Gasteiger partial charge in [-0.15, -0.1) is 0 Å². The van der Waals surface area contributed by atoms with E-state index in [1.165, 1.54) is 0 Å². The Morgan fingerprint density at radius 2 is 2.00 bits per heavy atom. The van der Waals surface area contributed by atoms with Crippen molar-refractivity contribution >= 4 is 10.1 Å². The molecule has 68 valence electrons. The molecule has 0 aromatic rings. The van der Waals surface area contributed by atoms with Crippen molar-refractivity contribution in [1.82, 2.24) is 0 Å². The summed E-state index contributed by atoms with van der Waals surface area (Å²) in [6, 6.07) is 0. The first-order valence-electron chi connectivity index (χ1n) is 4.11. The van der Waals surface area contributed by atoms with E-state index < -0.39 is 10.1 Å².